The quantitative estimate of drug-likeness (QED) is 0.752. The van der Waals surface area contributed by atoms with Crippen molar-refractivity contribution in [2.45, 2.75) is 6.42 Å². The number of benzene rings is 1. The topological polar surface area (TPSA) is 17.1 Å². The Bertz CT molecular complexity index is 506. The fourth-order valence-corrected chi connectivity index (χ4v) is 2.34. The molecule has 0 bridgehead atoms. The highest BCUT2D eigenvalue weighted by molar-refractivity contribution is 7.12. The minimum atomic E-state index is 0.105. The van der Waals surface area contributed by atoms with E-state index in [2.05, 4.69) is 0 Å². The molecule has 0 amide bonds. The maximum Gasteiger partial charge on any atom is 0.177 e. The molecule has 0 spiro atoms. The van der Waals surface area contributed by atoms with Gasteiger partial charge in [-0.1, -0.05) is 35.3 Å². The molecule has 1 aromatic heterocycles. The fourth-order valence-electron chi connectivity index (χ4n) is 1.36. The number of rotatable bonds is 3. The Hall–Kier alpha value is -0.830. The summed E-state index contributed by atoms with van der Waals surface area (Å²) in [5, 5.41) is 2.88. The Balaban J connectivity index is 2.15. The maximum atomic E-state index is 11.8. The molecule has 2 rings (SSSR count). The molecule has 1 aromatic carbocycles. The number of carbonyl (C=O) groups excluding carboxylic acids is 1. The predicted molar refractivity (Wildman–Crippen MR) is 68.8 cm³/mol. The highest BCUT2D eigenvalue weighted by Crippen LogP contribution is 2.23. The lowest BCUT2D eigenvalue weighted by atomic mass is 10.1. The van der Waals surface area contributed by atoms with Crippen LogP contribution < -0.4 is 0 Å². The summed E-state index contributed by atoms with van der Waals surface area (Å²) in [7, 11) is 0. The van der Waals surface area contributed by atoms with E-state index >= 15 is 0 Å². The molecule has 0 fully saturated rings. The van der Waals surface area contributed by atoms with Gasteiger partial charge in [-0.15, -0.1) is 11.3 Å². The molecular weight excluding hydrogens is 263 g/mol. The van der Waals surface area contributed by atoms with Crippen molar-refractivity contribution in [3.63, 3.8) is 0 Å². The Kier molecular flexibility index (Phi) is 3.64. The van der Waals surface area contributed by atoms with Gasteiger partial charge >= 0.3 is 0 Å². The third kappa shape index (κ3) is 2.64. The van der Waals surface area contributed by atoms with Crippen LogP contribution in [-0.4, -0.2) is 5.78 Å². The average molecular weight is 271 g/mol. The molecule has 0 aliphatic heterocycles. The van der Waals surface area contributed by atoms with Crippen LogP contribution in [0.5, 0.6) is 0 Å². The number of ketones is 1. The number of Topliss-reactive ketones (excluding diaryl/α,β-unsaturated/α-hetero) is 1. The molecule has 4 heteroatoms. The van der Waals surface area contributed by atoms with Crippen LogP contribution in [0.3, 0.4) is 0 Å². The number of hydrogen-bond acceptors (Lipinski definition) is 2. The minimum absolute atomic E-state index is 0.105. The van der Waals surface area contributed by atoms with E-state index in [1.807, 2.05) is 23.6 Å². The largest absolute Gasteiger partial charge is 0.293 e. The monoisotopic (exact) mass is 270 g/mol. The zero-order valence-electron chi connectivity index (χ0n) is 8.24. The second-order valence-electron chi connectivity index (χ2n) is 3.33. The molecule has 1 heterocycles. The van der Waals surface area contributed by atoms with Crippen molar-refractivity contribution in [1.29, 1.82) is 0 Å². The van der Waals surface area contributed by atoms with Crippen LogP contribution in [0.4, 0.5) is 0 Å². The highest BCUT2D eigenvalue weighted by Gasteiger charge is 2.08. The standard InChI is InChI=1S/C12H8Cl2OS/c13-9-4-3-8(6-10(9)14)7-11(15)12-2-1-5-16-12/h1-6H,7H2. The summed E-state index contributed by atoms with van der Waals surface area (Å²) < 4.78 is 0. The van der Waals surface area contributed by atoms with E-state index < -0.39 is 0 Å². The van der Waals surface area contributed by atoms with Gasteiger partial charge < -0.3 is 0 Å². The van der Waals surface area contributed by atoms with Gasteiger partial charge in [0.15, 0.2) is 5.78 Å². The van der Waals surface area contributed by atoms with E-state index in [-0.39, 0.29) is 5.78 Å². The van der Waals surface area contributed by atoms with Crippen LogP contribution in [-0.2, 0) is 6.42 Å². The number of carbonyl (C=O) groups is 1. The van der Waals surface area contributed by atoms with Gasteiger partial charge in [-0.3, -0.25) is 4.79 Å². The van der Waals surface area contributed by atoms with Crippen molar-refractivity contribution in [3.05, 3.63) is 56.2 Å². The van der Waals surface area contributed by atoms with E-state index in [0.717, 1.165) is 10.4 Å². The SMILES string of the molecule is O=C(Cc1ccc(Cl)c(Cl)c1)c1cccs1. The van der Waals surface area contributed by atoms with Crippen LogP contribution in [0.2, 0.25) is 10.0 Å². The minimum Gasteiger partial charge on any atom is -0.293 e. The van der Waals surface area contributed by atoms with E-state index in [4.69, 9.17) is 23.2 Å². The summed E-state index contributed by atoms with van der Waals surface area (Å²) >= 11 is 13.1. The van der Waals surface area contributed by atoms with Gasteiger partial charge in [0.1, 0.15) is 0 Å². The van der Waals surface area contributed by atoms with Crippen LogP contribution >= 0.6 is 34.5 Å². The maximum absolute atomic E-state index is 11.8. The summed E-state index contributed by atoms with van der Waals surface area (Å²) in [4.78, 5) is 12.6. The first-order valence-electron chi connectivity index (χ1n) is 4.67. The second-order valence-corrected chi connectivity index (χ2v) is 5.09. The Morgan fingerprint density at radius 3 is 2.62 bits per heavy atom. The lowest BCUT2D eigenvalue weighted by Crippen LogP contribution is -2.00. The number of hydrogen-bond donors (Lipinski definition) is 0. The lowest BCUT2D eigenvalue weighted by Gasteiger charge is -2.01. The molecule has 0 unspecified atom stereocenters. The van der Waals surface area contributed by atoms with Gasteiger partial charge in [0.25, 0.3) is 0 Å². The zero-order valence-corrected chi connectivity index (χ0v) is 10.6. The molecule has 2 aromatic rings. The first-order valence-corrected chi connectivity index (χ1v) is 6.31. The molecule has 0 saturated carbocycles. The number of thiophene rings is 1. The van der Waals surface area contributed by atoms with Crippen LogP contribution in [0.1, 0.15) is 15.2 Å². The first-order chi connectivity index (χ1) is 7.66. The smallest absolute Gasteiger partial charge is 0.177 e. The van der Waals surface area contributed by atoms with E-state index in [1.54, 1.807) is 12.1 Å². The average Bonchev–Trinajstić information content (AvgIpc) is 2.77. The third-order valence-corrected chi connectivity index (χ3v) is 3.79. The predicted octanol–water partition coefficient (Wildman–Crippen LogP) is 4.48. The fraction of sp³-hybridized carbons (Fsp3) is 0.0833. The summed E-state index contributed by atoms with van der Waals surface area (Å²) in [5.74, 6) is 0.105. The summed E-state index contributed by atoms with van der Waals surface area (Å²) in [6.45, 7) is 0. The lowest BCUT2D eigenvalue weighted by molar-refractivity contribution is 0.0997. The van der Waals surface area contributed by atoms with Crippen molar-refractivity contribution >= 4 is 40.3 Å². The molecule has 82 valence electrons. The van der Waals surface area contributed by atoms with Crippen LogP contribution in [0, 0.1) is 0 Å². The number of halogens is 2. The summed E-state index contributed by atoms with van der Waals surface area (Å²) in [5.41, 5.74) is 0.882. The molecule has 16 heavy (non-hydrogen) atoms. The van der Waals surface area contributed by atoms with Crippen molar-refractivity contribution in [2.24, 2.45) is 0 Å². The Morgan fingerprint density at radius 1 is 1.19 bits per heavy atom. The van der Waals surface area contributed by atoms with Crippen molar-refractivity contribution < 1.29 is 4.79 Å². The van der Waals surface area contributed by atoms with Crippen molar-refractivity contribution in [3.8, 4) is 0 Å². The van der Waals surface area contributed by atoms with Gasteiger partial charge in [-0.2, -0.15) is 0 Å². The molecule has 0 radical (unpaired) electrons. The summed E-state index contributed by atoms with van der Waals surface area (Å²) in [6, 6.07) is 8.95. The normalized spacial score (nSPS) is 10.4. The van der Waals surface area contributed by atoms with Gasteiger partial charge in [0.2, 0.25) is 0 Å². The van der Waals surface area contributed by atoms with E-state index in [1.165, 1.54) is 11.3 Å². The van der Waals surface area contributed by atoms with Crippen molar-refractivity contribution in [1.82, 2.24) is 0 Å². The van der Waals surface area contributed by atoms with E-state index in [0.29, 0.717) is 16.5 Å². The van der Waals surface area contributed by atoms with E-state index in [9.17, 15) is 4.79 Å². The summed E-state index contributed by atoms with van der Waals surface area (Å²) in [6.07, 6.45) is 0.359. The molecule has 0 saturated heterocycles. The van der Waals surface area contributed by atoms with Crippen molar-refractivity contribution in [2.75, 3.05) is 0 Å². The Morgan fingerprint density at radius 2 is 2.00 bits per heavy atom. The van der Waals surface area contributed by atoms with Gasteiger partial charge in [-0.05, 0) is 29.1 Å². The Labute approximate surface area is 108 Å². The van der Waals surface area contributed by atoms with Gasteiger partial charge in [-0.25, -0.2) is 0 Å². The van der Waals surface area contributed by atoms with Crippen LogP contribution in [0.15, 0.2) is 35.7 Å². The highest BCUT2D eigenvalue weighted by atomic mass is 35.5. The molecule has 0 N–H and O–H groups in total. The molecular formula is C12H8Cl2OS. The third-order valence-electron chi connectivity index (χ3n) is 2.14. The van der Waals surface area contributed by atoms with Gasteiger partial charge in [0, 0.05) is 6.42 Å². The van der Waals surface area contributed by atoms with Crippen LogP contribution in [0.25, 0.3) is 0 Å². The zero-order chi connectivity index (χ0) is 11.5. The second kappa shape index (κ2) is 5.00. The first kappa shape index (κ1) is 11.6. The molecule has 0 aliphatic rings. The molecule has 1 nitrogen and oxygen atoms in total. The van der Waals surface area contributed by atoms with Gasteiger partial charge in [0.05, 0.1) is 14.9 Å². The molecule has 0 aliphatic carbocycles. The molecule has 0 atom stereocenters.